The zero-order valence-corrected chi connectivity index (χ0v) is 15.8. The molecule has 0 spiro atoms. The van der Waals surface area contributed by atoms with Crippen LogP contribution in [0.1, 0.15) is 25.7 Å². The summed E-state index contributed by atoms with van der Waals surface area (Å²) in [5.74, 6) is 0.845. The first-order chi connectivity index (χ1) is 13.2. The van der Waals surface area contributed by atoms with E-state index in [4.69, 9.17) is 10.1 Å². The molecule has 0 radical (unpaired) electrons. The lowest BCUT2D eigenvalue weighted by Crippen LogP contribution is -2.41. The fourth-order valence-corrected chi connectivity index (χ4v) is 3.56. The minimum Gasteiger partial charge on any atom is -0.378 e. The number of thiophene rings is 1. The van der Waals surface area contributed by atoms with E-state index in [2.05, 4.69) is 20.4 Å². The average molecular weight is 383 g/mol. The van der Waals surface area contributed by atoms with Crippen LogP contribution in [0.3, 0.4) is 0 Å². The van der Waals surface area contributed by atoms with Crippen molar-refractivity contribution in [1.29, 1.82) is 5.41 Å². The van der Waals surface area contributed by atoms with Gasteiger partial charge in [-0.2, -0.15) is 5.10 Å². The fourth-order valence-electron chi connectivity index (χ4n) is 2.72. The quantitative estimate of drug-likeness (QED) is 0.359. The monoisotopic (exact) mass is 383 g/mol. The van der Waals surface area contributed by atoms with E-state index < -0.39 is 0 Å². The molecule has 0 unspecified atom stereocenters. The Morgan fingerprint density at radius 2 is 2.04 bits per heavy atom. The van der Waals surface area contributed by atoms with Gasteiger partial charge in [0.2, 0.25) is 0 Å². The first-order valence-corrected chi connectivity index (χ1v) is 9.39. The summed E-state index contributed by atoms with van der Waals surface area (Å²) in [6.07, 6.45) is 2.50. The highest BCUT2D eigenvalue weighted by Gasteiger charge is 2.20. The van der Waals surface area contributed by atoms with Crippen LogP contribution < -0.4 is 5.43 Å². The first kappa shape index (κ1) is 18.9. The highest BCUT2D eigenvalue weighted by atomic mass is 32.1. The molecule has 0 bridgehead atoms. The Balaban J connectivity index is 1.98. The number of aldehydes is 1. The van der Waals surface area contributed by atoms with Gasteiger partial charge in [-0.3, -0.25) is 10.2 Å². The number of aliphatic imine (C=N–C) groups is 1. The van der Waals surface area contributed by atoms with Crippen LogP contribution in [-0.4, -0.2) is 62.4 Å². The number of hydrogen-bond acceptors (Lipinski definition) is 6. The molecule has 0 aliphatic carbocycles. The zero-order chi connectivity index (χ0) is 19.1. The molecule has 1 aromatic carbocycles. The topological polar surface area (TPSA) is 90.1 Å². The summed E-state index contributed by atoms with van der Waals surface area (Å²) in [6.45, 7) is 2.62. The molecule has 2 N–H and O–H groups in total. The van der Waals surface area contributed by atoms with Crippen molar-refractivity contribution in [3.63, 3.8) is 0 Å². The molecule has 0 saturated carbocycles. The van der Waals surface area contributed by atoms with Gasteiger partial charge in [-0.15, -0.1) is 11.3 Å². The van der Waals surface area contributed by atoms with Crippen molar-refractivity contribution in [1.82, 2.24) is 10.3 Å². The summed E-state index contributed by atoms with van der Waals surface area (Å²) in [6, 6.07) is 11.2. The minimum atomic E-state index is 0.149. The lowest BCUT2D eigenvalue weighted by Gasteiger charge is -2.29. The van der Waals surface area contributed by atoms with Crippen molar-refractivity contribution in [2.24, 2.45) is 10.1 Å². The van der Waals surface area contributed by atoms with Gasteiger partial charge in [0.25, 0.3) is 0 Å². The number of carbonyl (C=O) groups is 1. The molecule has 3 rings (SSSR count). The maximum absolute atomic E-state index is 11.1. The highest BCUT2D eigenvalue weighted by molar-refractivity contribution is 7.15. The van der Waals surface area contributed by atoms with Crippen LogP contribution in [0.5, 0.6) is 0 Å². The lowest BCUT2D eigenvalue weighted by molar-refractivity contribution is 0.0684. The number of morpholine rings is 1. The van der Waals surface area contributed by atoms with Crippen molar-refractivity contribution < 1.29 is 9.53 Å². The smallest absolute Gasteiger partial charge is 0.160 e. The lowest BCUT2D eigenvalue weighted by atomic mass is 10.1. The molecule has 8 heteroatoms. The van der Waals surface area contributed by atoms with Gasteiger partial charge in [-0.05, 0) is 12.1 Å². The zero-order valence-electron chi connectivity index (χ0n) is 15.0. The van der Waals surface area contributed by atoms with E-state index in [9.17, 15) is 4.79 Å². The Morgan fingerprint density at radius 3 is 2.74 bits per heavy atom. The molecule has 1 aliphatic heterocycles. The second kappa shape index (κ2) is 9.20. The Kier molecular flexibility index (Phi) is 6.45. The van der Waals surface area contributed by atoms with Crippen LogP contribution in [0.25, 0.3) is 0 Å². The van der Waals surface area contributed by atoms with Crippen LogP contribution in [0, 0.1) is 5.41 Å². The Labute approximate surface area is 161 Å². The number of hydrogen-bond donors (Lipinski definition) is 2. The van der Waals surface area contributed by atoms with Gasteiger partial charge in [-0.25, -0.2) is 4.99 Å². The molecule has 27 heavy (non-hydrogen) atoms. The third-order valence-corrected chi connectivity index (χ3v) is 5.05. The molecular formula is C19H21N5O2S. The maximum atomic E-state index is 11.1. The summed E-state index contributed by atoms with van der Waals surface area (Å²) >= 11 is 1.38. The summed E-state index contributed by atoms with van der Waals surface area (Å²) in [4.78, 5) is 19.3. The second-order valence-electron chi connectivity index (χ2n) is 5.77. The van der Waals surface area contributed by atoms with E-state index in [0.29, 0.717) is 42.6 Å². The molecule has 1 aliphatic rings. The molecule has 1 aromatic heterocycles. The van der Waals surface area contributed by atoms with Gasteiger partial charge >= 0.3 is 0 Å². The fraction of sp³-hybridized carbons (Fsp3) is 0.263. The second-order valence-corrected chi connectivity index (χ2v) is 6.89. The van der Waals surface area contributed by atoms with E-state index in [-0.39, 0.29) is 5.84 Å². The maximum Gasteiger partial charge on any atom is 0.160 e. The van der Waals surface area contributed by atoms with Crippen LogP contribution in [0.4, 0.5) is 0 Å². The summed E-state index contributed by atoms with van der Waals surface area (Å²) in [7, 11) is 1.72. The van der Waals surface area contributed by atoms with Gasteiger partial charge in [0.1, 0.15) is 5.84 Å². The molecular weight excluding hydrogens is 362 g/mol. The Hall–Kier alpha value is -2.84. The largest absolute Gasteiger partial charge is 0.378 e. The SMILES string of the molecule is CN/N=C\c1ccccc1C(=N)/N=C(\c1ccc(C=O)s1)N1CCOCC1. The van der Waals surface area contributed by atoms with Gasteiger partial charge in [-0.1, -0.05) is 24.3 Å². The van der Waals surface area contributed by atoms with Crippen molar-refractivity contribution in [2.45, 2.75) is 0 Å². The predicted molar refractivity (Wildman–Crippen MR) is 109 cm³/mol. The summed E-state index contributed by atoms with van der Waals surface area (Å²) in [5.41, 5.74) is 4.22. The molecule has 2 heterocycles. The van der Waals surface area contributed by atoms with E-state index in [1.54, 1.807) is 19.3 Å². The molecule has 7 nitrogen and oxygen atoms in total. The van der Waals surface area contributed by atoms with Crippen LogP contribution >= 0.6 is 11.3 Å². The molecule has 140 valence electrons. The van der Waals surface area contributed by atoms with Gasteiger partial charge < -0.3 is 15.1 Å². The number of benzene rings is 1. The van der Waals surface area contributed by atoms with E-state index in [1.165, 1.54) is 11.3 Å². The van der Waals surface area contributed by atoms with Crippen molar-refractivity contribution in [2.75, 3.05) is 33.4 Å². The summed E-state index contributed by atoms with van der Waals surface area (Å²) in [5, 5.41) is 12.6. The highest BCUT2D eigenvalue weighted by Crippen LogP contribution is 2.20. The van der Waals surface area contributed by atoms with E-state index >= 15 is 0 Å². The molecule has 0 atom stereocenters. The van der Waals surface area contributed by atoms with Crippen molar-refractivity contribution in [3.8, 4) is 0 Å². The van der Waals surface area contributed by atoms with Crippen molar-refractivity contribution in [3.05, 3.63) is 57.3 Å². The predicted octanol–water partition coefficient (Wildman–Crippen LogP) is 2.22. The molecule has 1 fully saturated rings. The van der Waals surface area contributed by atoms with Gasteiger partial charge in [0.05, 0.1) is 29.2 Å². The molecule has 0 amide bonds. The first-order valence-electron chi connectivity index (χ1n) is 8.57. The van der Waals surface area contributed by atoms with Crippen molar-refractivity contribution >= 4 is 35.5 Å². The number of nitrogens with one attached hydrogen (secondary N) is 2. The Bertz CT molecular complexity index is 868. The van der Waals surface area contributed by atoms with Gasteiger partial charge in [0, 0.05) is 31.3 Å². The van der Waals surface area contributed by atoms with Crippen LogP contribution in [0.15, 0.2) is 46.5 Å². The summed E-state index contributed by atoms with van der Waals surface area (Å²) < 4.78 is 5.44. The van der Waals surface area contributed by atoms with Crippen LogP contribution in [-0.2, 0) is 4.74 Å². The Morgan fingerprint density at radius 1 is 1.26 bits per heavy atom. The van der Waals surface area contributed by atoms with Crippen LogP contribution in [0.2, 0.25) is 0 Å². The normalized spacial score (nSPS) is 15.1. The third kappa shape index (κ3) is 4.66. The average Bonchev–Trinajstić information content (AvgIpc) is 3.20. The number of rotatable bonds is 5. The molecule has 2 aromatic rings. The minimum absolute atomic E-state index is 0.149. The number of carbonyl (C=O) groups excluding carboxylic acids is 1. The number of amidine groups is 2. The molecule has 1 saturated heterocycles. The van der Waals surface area contributed by atoms with E-state index in [0.717, 1.165) is 16.7 Å². The number of ether oxygens (including phenoxy) is 1. The third-order valence-electron chi connectivity index (χ3n) is 4.04. The van der Waals surface area contributed by atoms with E-state index in [1.807, 2.05) is 30.3 Å². The number of hydrazone groups is 1. The number of nitrogens with zero attached hydrogens (tertiary/aromatic N) is 3. The van der Waals surface area contributed by atoms with Gasteiger partial charge in [0.15, 0.2) is 12.1 Å². The standard InChI is InChI=1S/C19H21N5O2S/c1-21-22-12-14-4-2-3-5-16(14)18(20)23-19(24-8-10-26-11-9-24)17-7-6-15(13-25)27-17/h2-7,12-13,20-21H,8-11H2,1H3/b20-18?,22-12-,23-19+.